The minimum Gasteiger partial charge on any atom is -0.497 e. The minimum atomic E-state index is -0.392. The Balaban J connectivity index is 1.95. The standard InChI is InChI=1S/C25H27FO3/c1-24(2)16-10-11-25(24,3)21(13-16)19-12-15(23(27)29-5)6-8-18(19)20-14-17(28-4)7-9-22(20)26/h6-9,12-14,16H,10-11H2,1-5H3. The van der Waals surface area contributed by atoms with Crippen LogP contribution in [-0.4, -0.2) is 20.2 Å². The van der Waals surface area contributed by atoms with Crippen molar-refractivity contribution in [2.24, 2.45) is 16.7 Å². The number of carbonyl (C=O) groups excluding carboxylic acids is 1. The molecule has 2 bridgehead atoms. The van der Waals surface area contributed by atoms with Crippen LogP contribution in [-0.2, 0) is 4.74 Å². The van der Waals surface area contributed by atoms with E-state index in [1.54, 1.807) is 25.3 Å². The first-order valence-electron chi connectivity index (χ1n) is 10.0. The van der Waals surface area contributed by atoms with Gasteiger partial charge in [-0.3, -0.25) is 0 Å². The van der Waals surface area contributed by atoms with Gasteiger partial charge in [-0.15, -0.1) is 0 Å². The molecule has 4 rings (SSSR count). The number of fused-ring (bicyclic) bond motifs is 2. The fourth-order valence-electron chi connectivity index (χ4n) is 5.17. The van der Waals surface area contributed by atoms with E-state index in [9.17, 15) is 9.18 Å². The molecule has 29 heavy (non-hydrogen) atoms. The van der Waals surface area contributed by atoms with Crippen LogP contribution >= 0.6 is 0 Å². The molecule has 0 N–H and O–H groups in total. The lowest BCUT2D eigenvalue weighted by Gasteiger charge is -2.38. The van der Waals surface area contributed by atoms with E-state index in [0.29, 0.717) is 22.8 Å². The number of esters is 1. The largest absolute Gasteiger partial charge is 0.497 e. The van der Waals surface area contributed by atoms with Crippen LogP contribution in [0, 0.1) is 22.6 Å². The van der Waals surface area contributed by atoms with E-state index in [4.69, 9.17) is 9.47 Å². The van der Waals surface area contributed by atoms with Crippen LogP contribution in [0.15, 0.2) is 42.5 Å². The summed E-state index contributed by atoms with van der Waals surface area (Å²) in [5.41, 5.74) is 3.90. The molecule has 0 saturated heterocycles. The molecule has 4 heteroatoms. The minimum absolute atomic E-state index is 0.0312. The predicted octanol–water partition coefficient (Wildman–Crippen LogP) is 6.13. The van der Waals surface area contributed by atoms with Gasteiger partial charge in [0, 0.05) is 5.56 Å². The number of hydrogen-bond donors (Lipinski definition) is 0. The fraction of sp³-hybridized carbons (Fsp3) is 0.400. The van der Waals surface area contributed by atoms with Crippen LogP contribution in [0.2, 0.25) is 0 Å². The van der Waals surface area contributed by atoms with Crippen molar-refractivity contribution < 1.29 is 18.7 Å². The van der Waals surface area contributed by atoms with Gasteiger partial charge in [-0.2, -0.15) is 0 Å². The van der Waals surface area contributed by atoms with Gasteiger partial charge in [0.1, 0.15) is 11.6 Å². The zero-order chi connectivity index (χ0) is 21.0. The van der Waals surface area contributed by atoms with Crippen LogP contribution in [0.3, 0.4) is 0 Å². The first-order valence-corrected chi connectivity index (χ1v) is 10.0. The first-order chi connectivity index (χ1) is 13.7. The molecule has 1 saturated carbocycles. The first kappa shape index (κ1) is 19.7. The van der Waals surface area contributed by atoms with Crippen LogP contribution in [0.25, 0.3) is 16.7 Å². The second kappa shape index (κ2) is 6.72. The average molecular weight is 394 g/mol. The summed E-state index contributed by atoms with van der Waals surface area (Å²) in [6, 6.07) is 10.1. The number of hydrogen-bond acceptors (Lipinski definition) is 3. The van der Waals surface area contributed by atoms with Gasteiger partial charge >= 0.3 is 5.97 Å². The molecule has 0 heterocycles. The summed E-state index contributed by atoms with van der Waals surface area (Å²) in [7, 11) is 2.94. The third-order valence-corrected chi connectivity index (χ3v) is 7.46. The van der Waals surface area contributed by atoms with Gasteiger partial charge in [0.05, 0.1) is 19.8 Å². The molecule has 3 nitrogen and oxygen atoms in total. The molecule has 2 aliphatic carbocycles. The Morgan fingerprint density at radius 3 is 2.38 bits per heavy atom. The molecule has 0 amide bonds. The quantitative estimate of drug-likeness (QED) is 0.586. The average Bonchev–Trinajstić information content (AvgIpc) is 3.06. The molecule has 2 aromatic carbocycles. The van der Waals surface area contributed by atoms with Crippen molar-refractivity contribution in [2.45, 2.75) is 33.6 Å². The maximum Gasteiger partial charge on any atom is 0.337 e. The summed E-state index contributed by atoms with van der Waals surface area (Å²) in [5.74, 6) is 0.369. The molecular formula is C25H27FO3. The number of ether oxygens (including phenoxy) is 2. The Hall–Kier alpha value is -2.62. The predicted molar refractivity (Wildman–Crippen MR) is 112 cm³/mol. The van der Waals surface area contributed by atoms with Crippen LogP contribution < -0.4 is 4.74 Å². The van der Waals surface area contributed by atoms with E-state index in [1.165, 1.54) is 18.7 Å². The number of allylic oxidation sites excluding steroid dienone is 2. The summed E-state index contributed by atoms with van der Waals surface area (Å²) < 4.78 is 25.1. The summed E-state index contributed by atoms with van der Waals surface area (Å²) in [6.07, 6.45) is 4.58. The molecule has 152 valence electrons. The van der Waals surface area contributed by atoms with E-state index in [0.717, 1.165) is 24.0 Å². The highest BCUT2D eigenvalue weighted by Gasteiger charge is 2.57. The van der Waals surface area contributed by atoms with E-state index < -0.39 is 5.97 Å². The maximum atomic E-state index is 14.9. The number of halogens is 1. The van der Waals surface area contributed by atoms with Crippen LogP contribution in [0.4, 0.5) is 4.39 Å². The van der Waals surface area contributed by atoms with Gasteiger partial charge in [-0.05, 0) is 76.6 Å². The maximum absolute atomic E-state index is 14.9. The molecule has 0 radical (unpaired) electrons. The molecule has 2 atom stereocenters. The van der Waals surface area contributed by atoms with E-state index in [-0.39, 0.29) is 16.6 Å². The van der Waals surface area contributed by atoms with Crippen LogP contribution in [0.1, 0.15) is 49.5 Å². The smallest absolute Gasteiger partial charge is 0.337 e. The van der Waals surface area contributed by atoms with Crippen molar-refractivity contribution in [2.75, 3.05) is 14.2 Å². The number of carbonyl (C=O) groups is 1. The summed E-state index contributed by atoms with van der Waals surface area (Å²) in [4.78, 5) is 12.2. The highest BCUT2D eigenvalue weighted by Crippen LogP contribution is 2.68. The molecule has 2 unspecified atom stereocenters. The zero-order valence-electron chi connectivity index (χ0n) is 17.6. The Morgan fingerprint density at radius 2 is 1.79 bits per heavy atom. The molecule has 0 spiro atoms. The third-order valence-electron chi connectivity index (χ3n) is 7.46. The molecular weight excluding hydrogens is 367 g/mol. The summed E-state index contributed by atoms with van der Waals surface area (Å²) >= 11 is 0. The van der Waals surface area contributed by atoms with Gasteiger partial charge in [0.25, 0.3) is 0 Å². The molecule has 0 aliphatic heterocycles. The monoisotopic (exact) mass is 394 g/mol. The second-order valence-electron chi connectivity index (χ2n) is 8.88. The van der Waals surface area contributed by atoms with Crippen LogP contribution in [0.5, 0.6) is 5.75 Å². The third kappa shape index (κ3) is 2.80. The SMILES string of the molecule is COC(=O)c1ccc(-c2cc(OC)ccc2F)c(C2=CC3CCC2(C)C3(C)C)c1. The van der Waals surface area contributed by atoms with Crippen molar-refractivity contribution in [3.05, 3.63) is 59.4 Å². The number of methoxy groups -OCH3 is 2. The second-order valence-corrected chi connectivity index (χ2v) is 8.88. The summed E-state index contributed by atoms with van der Waals surface area (Å²) in [6.45, 7) is 6.91. The van der Waals surface area contributed by atoms with Crippen molar-refractivity contribution in [3.63, 3.8) is 0 Å². The van der Waals surface area contributed by atoms with Gasteiger partial charge in [0.15, 0.2) is 0 Å². The molecule has 0 aromatic heterocycles. The van der Waals surface area contributed by atoms with Gasteiger partial charge in [-0.1, -0.05) is 32.9 Å². The molecule has 2 aliphatic rings. The zero-order valence-corrected chi connectivity index (χ0v) is 17.6. The van der Waals surface area contributed by atoms with Gasteiger partial charge in [-0.25, -0.2) is 9.18 Å². The lowest BCUT2D eigenvalue weighted by atomic mass is 9.65. The highest BCUT2D eigenvalue weighted by molar-refractivity contribution is 5.94. The van der Waals surface area contributed by atoms with Crippen molar-refractivity contribution >= 4 is 11.5 Å². The Bertz CT molecular complexity index is 1020. The highest BCUT2D eigenvalue weighted by atomic mass is 19.1. The molecule has 2 aromatic rings. The lowest BCUT2D eigenvalue weighted by Crippen LogP contribution is -2.29. The van der Waals surface area contributed by atoms with E-state index in [1.807, 2.05) is 12.1 Å². The van der Waals surface area contributed by atoms with Gasteiger partial charge < -0.3 is 9.47 Å². The topological polar surface area (TPSA) is 35.5 Å². The number of benzene rings is 2. The summed E-state index contributed by atoms with van der Waals surface area (Å²) in [5, 5.41) is 0. The fourth-order valence-corrected chi connectivity index (χ4v) is 5.17. The normalized spacial score (nSPS) is 24.3. The van der Waals surface area contributed by atoms with E-state index in [2.05, 4.69) is 26.8 Å². The van der Waals surface area contributed by atoms with E-state index >= 15 is 0 Å². The Kier molecular flexibility index (Phi) is 4.56. The van der Waals surface area contributed by atoms with Crippen molar-refractivity contribution in [1.29, 1.82) is 0 Å². The Labute approximate surface area is 171 Å². The van der Waals surface area contributed by atoms with Gasteiger partial charge in [0.2, 0.25) is 0 Å². The molecule has 1 fully saturated rings. The Morgan fingerprint density at radius 1 is 1.03 bits per heavy atom. The lowest BCUT2D eigenvalue weighted by molar-refractivity contribution is 0.0600. The van der Waals surface area contributed by atoms with Crippen molar-refractivity contribution in [3.8, 4) is 16.9 Å². The van der Waals surface area contributed by atoms with Crippen molar-refractivity contribution in [1.82, 2.24) is 0 Å². The number of rotatable bonds is 4.